The van der Waals surface area contributed by atoms with Crippen molar-refractivity contribution < 1.29 is 60.8 Å². The molecule has 13 N–H and O–H groups in total. The van der Waals surface area contributed by atoms with Crippen LogP contribution in [0.3, 0.4) is 0 Å². The first kappa shape index (κ1) is 122. The molecule has 8 heterocycles. The summed E-state index contributed by atoms with van der Waals surface area (Å²) in [7, 11) is 0. The Balaban J connectivity index is 0.000000257. The molecule has 4 aliphatic rings. The second kappa shape index (κ2) is 49.1. The lowest BCUT2D eigenvalue weighted by Crippen LogP contribution is -2.54. The van der Waals surface area contributed by atoms with E-state index in [2.05, 4.69) is 62.0 Å². The van der Waals surface area contributed by atoms with Crippen molar-refractivity contribution in [2.75, 3.05) is 22.9 Å². The van der Waals surface area contributed by atoms with E-state index in [1.807, 2.05) is 149 Å². The van der Waals surface area contributed by atoms with E-state index in [0.29, 0.717) is 140 Å². The first-order chi connectivity index (χ1) is 64.8. The molecule has 43 heteroatoms. The van der Waals surface area contributed by atoms with Crippen molar-refractivity contribution in [3.8, 4) is 23.0 Å². The molecule has 4 amide bonds. The lowest BCUT2D eigenvalue weighted by molar-refractivity contribution is 0.0717. The largest absolute Gasteiger partial charge is 0.490 e. The van der Waals surface area contributed by atoms with Crippen molar-refractivity contribution in [3.63, 3.8) is 0 Å². The number of nitrogens with one attached hydrogen (secondary N) is 4. The van der Waals surface area contributed by atoms with Crippen molar-refractivity contribution in [2.45, 2.75) is 300 Å². The zero-order chi connectivity index (χ0) is 101. The van der Waals surface area contributed by atoms with E-state index < -0.39 is 58.4 Å². The molecule has 4 saturated carbocycles. The van der Waals surface area contributed by atoms with Crippen molar-refractivity contribution in [1.29, 1.82) is 0 Å². The summed E-state index contributed by atoms with van der Waals surface area (Å²) in [5, 5.41) is 21.3. The number of halogens is 8. The summed E-state index contributed by atoms with van der Waals surface area (Å²) in [6, 6.07) is 6.05. The molecule has 12 aromatic rings. The van der Waals surface area contributed by atoms with Gasteiger partial charge in [0.05, 0.1) is 73.4 Å². The maximum atomic E-state index is 15.5. The van der Waals surface area contributed by atoms with E-state index in [1.54, 1.807) is 49.6 Å². The molecule has 6 atom stereocenters. The first-order valence-corrected chi connectivity index (χ1v) is 48.4. The van der Waals surface area contributed by atoms with Gasteiger partial charge in [0.1, 0.15) is 114 Å². The molecule has 144 heavy (non-hydrogen) atoms. The number of rotatable bonds is 24. The van der Waals surface area contributed by atoms with E-state index in [4.69, 9.17) is 108 Å². The van der Waals surface area contributed by atoms with Crippen molar-refractivity contribution in [3.05, 3.63) is 208 Å². The van der Waals surface area contributed by atoms with Gasteiger partial charge in [-0.1, -0.05) is 101 Å². The van der Waals surface area contributed by atoms with Crippen LogP contribution in [-0.2, 0) is 0 Å². The summed E-state index contributed by atoms with van der Waals surface area (Å²) in [5.74, 6) is -0.892. The van der Waals surface area contributed by atoms with Gasteiger partial charge in [-0.25, -0.2) is 57.4 Å². The van der Waals surface area contributed by atoms with Crippen LogP contribution in [0.5, 0.6) is 23.0 Å². The number of aromatic nitrogens is 12. The molecule has 29 nitrogen and oxygen atoms in total. The van der Waals surface area contributed by atoms with Gasteiger partial charge >= 0.3 is 0 Å². The fourth-order valence-electron chi connectivity index (χ4n) is 20.1. The molecule has 0 bridgehead atoms. The Kier molecular flexibility index (Phi) is 41.5. The number of benzene rings is 4. The molecule has 788 valence electrons. The maximum absolute atomic E-state index is 15.5. The van der Waals surface area contributed by atoms with Crippen LogP contribution < -0.4 is 63.1 Å². The van der Waals surface area contributed by atoms with E-state index >= 15 is 17.6 Å². The van der Waals surface area contributed by atoms with Crippen LogP contribution in [0.15, 0.2) is 73.8 Å². The smallest absolute Gasteiger partial charge is 0.258 e. The van der Waals surface area contributed by atoms with Gasteiger partial charge in [0, 0.05) is 118 Å². The average Bonchev–Trinajstić information content (AvgIpc) is 1.60. The molecular weight excluding hydrogens is 2050 g/mol. The monoisotopic (exact) mass is 2180 g/mol. The second-order valence-electron chi connectivity index (χ2n) is 39.6. The number of nitrogens with zero attached hydrogens (tertiary/aromatic N) is 12. The van der Waals surface area contributed by atoms with E-state index in [1.165, 1.54) is 24.3 Å². The highest BCUT2D eigenvalue weighted by atomic mass is 35.5. The number of imidazole rings is 4. The number of nitrogens with two attached hydrogens (primary N) is 4. The van der Waals surface area contributed by atoms with Gasteiger partial charge in [0.25, 0.3) is 23.6 Å². The minimum absolute atomic E-state index is 0. The third-order valence-corrected chi connectivity index (χ3v) is 27.5. The Morgan fingerprint density at radius 3 is 0.854 bits per heavy atom. The Morgan fingerprint density at radius 1 is 0.396 bits per heavy atom. The SMILES string of the molecule is Cc1nc([C@@H](C)c2cc(Cl)c(F)c(C(=O)NC3(C)CC(C)C3)c2OC(C)C)n2ccnc(N)c12.Cc1nc([C@@H](C)c2cc(Cl)c(F)c(C(=O)NC3(C)CC(C)C3)c2OC(C)C)n2ccnc(N)c12.Cc1nc([C@@H](C)c2cc(Cl)c(F)c(C(=O)NC3(C)CCC(O)CC3)c2OC(C)C)n2ccnc(N)c12.Cc1nc([C@@H](C)c2cc(Cl)c(F)c(C(=O)N[C@H]3CCC[C@@H]3C)c2OC(C)C)n2ccnc(N)c12.S.S.S.S.S.S. The average molecular weight is 2190 g/mol. The van der Waals surface area contributed by atoms with Crippen LogP contribution in [0.25, 0.3) is 22.1 Å². The van der Waals surface area contributed by atoms with E-state index in [9.17, 15) is 24.3 Å². The van der Waals surface area contributed by atoms with E-state index in [-0.39, 0.29) is 212 Å². The van der Waals surface area contributed by atoms with Crippen molar-refractivity contribution in [2.24, 2.45) is 17.8 Å². The van der Waals surface area contributed by atoms with Crippen molar-refractivity contribution in [1.82, 2.24) is 78.7 Å². The minimum atomic E-state index is -0.835. The summed E-state index contributed by atoms with van der Waals surface area (Å²) in [6.07, 6.45) is 20.4. The summed E-state index contributed by atoms with van der Waals surface area (Å²) < 4.78 is 93.3. The molecule has 0 spiro atoms. The molecular formula is C101H138Cl4F4N20O9S6. The fraction of sp³-hybridized carbons (Fsp3) is 0.485. The highest BCUT2D eigenvalue weighted by Gasteiger charge is 2.45. The van der Waals surface area contributed by atoms with Crippen LogP contribution in [0.2, 0.25) is 20.1 Å². The number of amides is 4. The molecule has 0 radical (unpaired) electrons. The molecule has 0 saturated heterocycles. The summed E-state index contributed by atoms with van der Waals surface area (Å²) in [4.78, 5) is 89.1. The van der Waals surface area contributed by atoms with Gasteiger partial charge in [0.2, 0.25) is 0 Å². The molecule has 4 aromatic carbocycles. The molecule has 8 aromatic heterocycles. The van der Waals surface area contributed by atoms with Crippen LogP contribution in [0.4, 0.5) is 40.8 Å². The maximum Gasteiger partial charge on any atom is 0.258 e. The van der Waals surface area contributed by atoms with Crippen LogP contribution in [0, 0.1) is 68.7 Å². The third-order valence-electron chi connectivity index (χ3n) is 26.4. The van der Waals surface area contributed by atoms with Crippen LogP contribution in [-0.4, -0.2) is 139 Å². The number of carbonyl (C=O) groups is 4. The molecule has 16 rings (SSSR count). The fourth-order valence-corrected chi connectivity index (χ4v) is 20.9. The Bertz CT molecular complexity index is 6480. The Hall–Kier alpha value is -9.42. The summed E-state index contributed by atoms with van der Waals surface area (Å²) in [6.45, 7) is 41.9. The van der Waals surface area contributed by atoms with Gasteiger partial charge in [0.15, 0.2) is 23.3 Å². The number of aryl methyl sites for hydroxylation is 4. The number of aliphatic hydroxyl groups excluding tert-OH is 1. The molecule has 0 aliphatic heterocycles. The van der Waals surface area contributed by atoms with Gasteiger partial charge < -0.3 is 68.3 Å². The highest BCUT2D eigenvalue weighted by molar-refractivity contribution is 7.60. The third kappa shape index (κ3) is 25.6. The number of hydrogen-bond donors (Lipinski definition) is 9. The number of ether oxygens (including phenoxy) is 4. The zero-order valence-corrected chi connectivity index (χ0v) is 94.1. The normalized spacial score (nSPS) is 19.6. The molecule has 4 aliphatic carbocycles. The zero-order valence-electron chi connectivity index (χ0n) is 85.1. The second-order valence-corrected chi connectivity index (χ2v) is 41.2. The Morgan fingerprint density at radius 2 is 0.632 bits per heavy atom. The summed E-state index contributed by atoms with van der Waals surface area (Å²) in [5.41, 5.74) is 30.1. The van der Waals surface area contributed by atoms with Gasteiger partial charge in [-0.3, -0.25) is 36.8 Å². The van der Waals surface area contributed by atoms with Gasteiger partial charge in [-0.05, 0) is 210 Å². The predicted molar refractivity (Wildman–Crippen MR) is 593 cm³/mol. The lowest BCUT2D eigenvalue weighted by atomic mass is 9.70. The number of fused-ring (bicyclic) bond motifs is 4. The first-order valence-electron chi connectivity index (χ1n) is 46.9. The standard InChI is InChI=1S/C26H33ClFN5O3.3C25H31ClFN5O2.6H2S/c1-13(2)36-22-17(14(3)24-31-15(4)21-23(29)30-10-11-33(21)24)12-18(27)20(28)19(22)25(35)32-26(5)8-6-16(34)7-9-26;2*1-12(2)34-21-16(14(4)23-30-15(5)20-22(28)29-7-8-32(20)23)9-17(26)19(27)18(21)24(33)31-25(6)10-13(3)11-25;1-12(2)34-22-16(14(4)24-30-15(5)21-23(28)29-9-10-32(21)24)11-17(26)20(27)19(22)25(33)31-18-8-6-7-13(18)3;;;;;;/h10-14,16,34H,6-9H2,1-5H3,(H2,29,30)(H,32,35);2*7-9,12-14H,10-11H2,1-6H3,(H2,28,29)(H,31,33);9-14,18H,6-8H2,1-5H3,(H2,28,29)(H,31,33);6*1H2/t14-,16?,26?;2*13?,14-,25?;13-,14-,18-;;;;;;/m0000....../s1. The number of nitrogen functional groups attached to an aromatic ring is 4. The van der Waals surface area contributed by atoms with Crippen molar-refractivity contribution >= 4 is 196 Å². The molecule has 0 unspecified atom stereocenters. The molecule has 4 fully saturated rings. The van der Waals surface area contributed by atoms with Crippen LogP contribution in [0.1, 0.15) is 329 Å². The van der Waals surface area contributed by atoms with E-state index in [0.717, 1.165) is 62.0 Å². The Labute approximate surface area is 900 Å². The lowest BCUT2D eigenvalue weighted by Gasteiger charge is -2.44. The summed E-state index contributed by atoms with van der Waals surface area (Å²) >= 11 is 25.3. The topological polar surface area (TPSA) is 398 Å². The predicted octanol–water partition coefficient (Wildman–Crippen LogP) is 21.3. The quantitative estimate of drug-likeness (QED) is 0.0254. The number of anilines is 4. The minimum Gasteiger partial charge on any atom is -0.490 e. The van der Waals surface area contributed by atoms with Crippen LogP contribution >= 0.6 is 127 Å². The van der Waals surface area contributed by atoms with Gasteiger partial charge in [-0.2, -0.15) is 81.0 Å². The number of hydrogen-bond acceptors (Lipinski definition) is 21. The number of aliphatic hydroxyl groups is 1. The highest BCUT2D eigenvalue weighted by Crippen LogP contribution is 2.48. The number of carbonyl (C=O) groups excluding carboxylic acids is 4. The van der Waals surface area contributed by atoms with Gasteiger partial charge in [-0.15, -0.1) is 0 Å².